The fourth-order valence-corrected chi connectivity index (χ4v) is 2.56. The van der Waals surface area contributed by atoms with Gasteiger partial charge in [0.1, 0.15) is 0 Å². The van der Waals surface area contributed by atoms with Gasteiger partial charge in [-0.3, -0.25) is 4.79 Å². The smallest absolute Gasteiger partial charge is 0.409 e. The Morgan fingerprint density at radius 3 is 2.57 bits per heavy atom. The van der Waals surface area contributed by atoms with Crippen molar-refractivity contribution in [2.45, 2.75) is 32.2 Å². The van der Waals surface area contributed by atoms with Crippen molar-refractivity contribution in [2.24, 2.45) is 0 Å². The van der Waals surface area contributed by atoms with Crippen molar-refractivity contribution in [1.82, 2.24) is 10.2 Å². The number of likely N-dealkylation sites (tertiary alicyclic amines) is 1. The molecule has 1 aromatic rings. The van der Waals surface area contributed by atoms with E-state index in [0.29, 0.717) is 38.1 Å². The van der Waals surface area contributed by atoms with Crippen molar-refractivity contribution in [3.63, 3.8) is 0 Å². The van der Waals surface area contributed by atoms with Crippen molar-refractivity contribution < 1.29 is 24.5 Å². The van der Waals surface area contributed by atoms with Crippen LogP contribution in [-0.4, -0.2) is 52.9 Å². The molecule has 0 atom stereocenters. The van der Waals surface area contributed by atoms with E-state index in [4.69, 9.17) is 4.74 Å². The number of ether oxygens (including phenoxy) is 1. The second-order valence-electron chi connectivity index (χ2n) is 5.53. The van der Waals surface area contributed by atoms with Gasteiger partial charge in [0.2, 0.25) is 5.91 Å². The Morgan fingerprint density at radius 1 is 1.26 bits per heavy atom. The molecule has 2 amide bonds. The molecule has 3 N–H and O–H groups in total. The Hall–Kier alpha value is -2.44. The molecule has 23 heavy (non-hydrogen) atoms. The average Bonchev–Trinajstić information content (AvgIpc) is 2.52. The molecule has 7 nitrogen and oxygen atoms in total. The SMILES string of the molecule is CCOC(=O)N1CCC(NC(=O)Cc2ccc(O)c(O)c2)CC1. The van der Waals surface area contributed by atoms with E-state index in [0.717, 1.165) is 0 Å². The van der Waals surface area contributed by atoms with Crippen LogP contribution in [0.4, 0.5) is 4.79 Å². The number of rotatable bonds is 4. The van der Waals surface area contributed by atoms with Crippen molar-refractivity contribution in [1.29, 1.82) is 0 Å². The number of piperidine rings is 1. The predicted octanol–water partition coefficient (Wildman–Crippen LogP) is 1.38. The van der Waals surface area contributed by atoms with E-state index in [1.165, 1.54) is 12.1 Å². The van der Waals surface area contributed by atoms with Gasteiger partial charge in [0, 0.05) is 19.1 Å². The lowest BCUT2D eigenvalue weighted by Gasteiger charge is -2.31. The van der Waals surface area contributed by atoms with Crippen LogP contribution in [0.1, 0.15) is 25.3 Å². The number of carbonyl (C=O) groups is 2. The van der Waals surface area contributed by atoms with Gasteiger partial charge in [-0.05, 0) is 37.5 Å². The zero-order chi connectivity index (χ0) is 16.8. The zero-order valence-electron chi connectivity index (χ0n) is 13.1. The highest BCUT2D eigenvalue weighted by atomic mass is 16.6. The molecule has 0 aromatic heterocycles. The Labute approximate surface area is 134 Å². The van der Waals surface area contributed by atoms with Crippen molar-refractivity contribution in [2.75, 3.05) is 19.7 Å². The third-order valence-electron chi connectivity index (χ3n) is 3.79. The Bertz CT molecular complexity index is 568. The molecule has 0 aliphatic carbocycles. The Kier molecular flexibility index (Phi) is 5.67. The molecular weight excluding hydrogens is 300 g/mol. The van der Waals surface area contributed by atoms with Gasteiger partial charge in [-0.25, -0.2) is 4.79 Å². The number of phenolic OH excluding ortho intramolecular Hbond substituents is 2. The monoisotopic (exact) mass is 322 g/mol. The Balaban J connectivity index is 1.78. The van der Waals surface area contributed by atoms with Gasteiger partial charge in [-0.1, -0.05) is 6.07 Å². The van der Waals surface area contributed by atoms with E-state index < -0.39 is 0 Å². The number of nitrogens with zero attached hydrogens (tertiary/aromatic N) is 1. The van der Waals surface area contributed by atoms with Crippen molar-refractivity contribution in [3.8, 4) is 11.5 Å². The summed E-state index contributed by atoms with van der Waals surface area (Å²) in [4.78, 5) is 25.3. The van der Waals surface area contributed by atoms with Gasteiger partial charge in [0.05, 0.1) is 13.0 Å². The average molecular weight is 322 g/mol. The van der Waals surface area contributed by atoms with Crippen LogP contribution in [0, 0.1) is 0 Å². The maximum absolute atomic E-state index is 12.0. The van der Waals surface area contributed by atoms with Crippen molar-refractivity contribution in [3.05, 3.63) is 23.8 Å². The number of carbonyl (C=O) groups excluding carboxylic acids is 2. The number of amides is 2. The third kappa shape index (κ3) is 4.77. The first-order valence-electron chi connectivity index (χ1n) is 7.71. The van der Waals surface area contributed by atoms with Crippen LogP contribution in [0.3, 0.4) is 0 Å². The van der Waals surface area contributed by atoms with Crippen LogP contribution in [0.2, 0.25) is 0 Å². The normalized spacial score (nSPS) is 15.3. The Morgan fingerprint density at radius 2 is 1.96 bits per heavy atom. The van der Waals surface area contributed by atoms with Crippen LogP contribution < -0.4 is 5.32 Å². The number of hydrogen-bond acceptors (Lipinski definition) is 5. The quantitative estimate of drug-likeness (QED) is 0.727. The molecule has 126 valence electrons. The van der Waals surface area contributed by atoms with Gasteiger partial charge in [0.25, 0.3) is 0 Å². The van der Waals surface area contributed by atoms with Gasteiger partial charge in [-0.2, -0.15) is 0 Å². The highest BCUT2D eigenvalue weighted by Gasteiger charge is 2.24. The maximum atomic E-state index is 12.0. The predicted molar refractivity (Wildman–Crippen MR) is 83.2 cm³/mol. The fraction of sp³-hybridized carbons (Fsp3) is 0.500. The first-order chi connectivity index (χ1) is 11.0. The number of hydrogen-bond donors (Lipinski definition) is 3. The number of phenols is 2. The van der Waals surface area contributed by atoms with E-state index >= 15 is 0 Å². The van der Waals surface area contributed by atoms with Crippen LogP contribution in [-0.2, 0) is 16.0 Å². The standard InChI is InChI=1S/C16H22N2O5/c1-2-23-16(22)18-7-5-12(6-8-18)17-15(21)10-11-3-4-13(19)14(20)9-11/h3-4,9,12,19-20H,2,5-8,10H2,1H3,(H,17,21). The van der Waals surface area contributed by atoms with E-state index in [2.05, 4.69) is 5.32 Å². The van der Waals surface area contributed by atoms with Gasteiger partial charge >= 0.3 is 6.09 Å². The second kappa shape index (κ2) is 7.71. The second-order valence-corrected chi connectivity index (χ2v) is 5.53. The van der Waals surface area contributed by atoms with E-state index in [-0.39, 0.29) is 36.0 Å². The summed E-state index contributed by atoms with van der Waals surface area (Å²) in [5, 5.41) is 21.6. The van der Waals surface area contributed by atoms with Crippen LogP contribution in [0.15, 0.2) is 18.2 Å². The summed E-state index contributed by atoms with van der Waals surface area (Å²) < 4.78 is 4.95. The minimum atomic E-state index is -0.308. The molecule has 0 saturated carbocycles. The fourth-order valence-electron chi connectivity index (χ4n) is 2.56. The summed E-state index contributed by atoms with van der Waals surface area (Å²) >= 11 is 0. The molecule has 1 fully saturated rings. The highest BCUT2D eigenvalue weighted by Crippen LogP contribution is 2.25. The number of benzene rings is 1. The molecule has 1 aliphatic rings. The molecule has 0 unspecified atom stereocenters. The van der Waals surface area contributed by atoms with E-state index in [9.17, 15) is 19.8 Å². The maximum Gasteiger partial charge on any atom is 0.409 e. The van der Waals surface area contributed by atoms with Crippen LogP contribution in [0.5, 0.6) is 11.5 Å². The minimum absolute atomic E-state index is 0.0267. The first kappa shape index (κ1) is 16.9. The third-order valence-corrected chi connectivity index (χ3v) is 3.79. The molecule has 7 heteroatoms. The molecule has 1 aliphatic heterocycles. The van der Waals surface area contributed by atoms with Gasteiger partial charge in [0.15, 0.2) is 11.5 Å². The summed E-state index contributed by atoms with van der Waals surface area (Å²) in [6.45, 7) is 3.24. The summed E-state index contributed by atoms with van der Waals surface area (Å²) in [5.41, 5.74) is 0.627. The highest BCUT2D eigenvalue weighted by molar-refractivity contribution is 5.79. The van der Waals surface area contributed by atoms with Crippen LogP contribution in [0.25, 0.3) is 0 Å². The zero-order valence-corrected chi connectivity index (χ0v) is 13.1. The van der Waals surface area contributed by atoms with Gasteiger partial charge < -0.3 is 25.2 Å². The lowest BCUT2D eigenvalue weighted by atomic mass is 10.0. The lowest BCUT2D eigenvalue weighted by Crippen LogP contribution is -2.47. The lowest BCUT2D eigenvalue weighted by molar-refractivity contribution is -0.121. The summed E-state index contributed by atoms with van der Waals surface area (Å²) in [6, 6.07) is 4.35. The van der Waals surface area contributed by atoms with E-state index in [1.807, 2.05) is 0 Å². The summed E-state index contributed by atoms with van der Waals surface area (Å²) in [5.74, 6) is -0.594. The molecule has 1 aromatic carbocycles. The summed E-state index contributed by atoms with van der Waals surface area (Å²) in [7, 11) is 0. The number of nitrogens with one attached hydrogen (secondary N) is 1. The molecule has 1 heterocycles. The van der Waals surface area contributed by atoms with Crippen molar-refractivity contribution >= 4 is 12.0 Å². The number of aromatic hydroxyl groups is 2. The van der Waals surface area contributed by atoms with E-state index in [1.54, 1.807) is 17.9 Å². The molecule has 0 bridgehead atoms. The molecule has 0 radical (unpaired) electrons. The molecule has 2 rings (SSSR count). The minimum Gasteiger partial charge on any atom is -0.504 e. The largest absolute Gasteiger partial charge is 0.504 e. The first-order valence-corrected chi connectivity index (χ1v) is 7.71. The topological polar surface area (TPSA) is 99.1 Å². The van der Waals surface area contributed by atoms with Gasteiger partial charge in [-0.15, -0.1) is 0 Å². The molecular formula is C16H22N2O5. The molecule has 0 spiro atoms. The molecule has 1 saturated heterocycles. The summed E-state index contributed by atoms with van der Waals surface area (Å²) in [6.07, 6.45) is 1.19. The van der Waals surface area contributed by atoms with Crippen LogP contribution >= 0.6 is 0 Å².